The molecule has 0 radical (unpaired) electrons. The minimum absolute atomic E-state index is 0. The van der Waals surface area contributed by atoms with Gasteiger partial charge in [0, 0.05) is 13.5 Å². The first-order valence-corrected chi connectivity index (χ1v) is 8.95. The molecule has 146 valence electrons. The highest BCUT2D eigenvalue weighted by molar-refractivity contribution is 5.85. The van der Waals surface area contributed by atoms with E-state index < -0.39 is 0 Å². The van der Waals surface area contributed by atoms with Crippen LogP contribution in [0.5, 0.6) is 0 Å². The second-order valence-corrected chi connectivity index (χ2v) is 7.25. The number of para-hydroxylation sites is 2. The molecule has 1 amide bonds. The maximum Gasteiger partial charge on any atom is 0.221 e. The number of hydrogen-bond acceptors (Lipinski definition) is 3. The number of fused-ring (bicyclic) bond motifs is 1. The van der Waals surface area contributed by atoms with E-state index in [1.165, 1.54) is 19.3 Å². The van der Waals surface area contributed by atoms with Crippen LogP contribution in [0.3, 0.4) is 0 Å². The van der Waals surface area contributed by atoms with Crippen molar-refractivity contribution >= 4 is 41.8 Å². The molecule has 1 heterocycles. The largest absolute Gasteiger partial charge is 0.346 e. The highest BCUT2D eigenvalue weighted by Gasteiger charge is 2.33. The molecule has 0 aliphatic heterocycles. The van der Waals surface area contributed by atoms with Crippen molar-refractivity contribution in [3.05, 3.63) is 30.1 Å². The van der Waals surface area contributed by atoms with E-state index in [0.29, 0.717) is 13.0 Å². The Labute approximate surface area is 167 Å². The maximum atomic E-state index is 12.6. The van der Waals surface area contributed by atoms with Crippen LogP contribution < -0.4 is 11.1 Å². The Morgan fingerprint density at radius 3 is 2.54 bits per heavy atom. The van der Waals surface area contributed by atoms with Gasteiger partial charge in [0.05, 0.1) is 17.1 Å². The van der Waals surface area contributed by atoms with Gasteiger partial charge in [-0.3, -0.25) is 4.79 Å². The topological polar surface area (TPSA) is 72.9 Å². The molecule has 7 heteroatoms. The van der Waals surface area contributed by atoms with Gasteiger partial charge in [0.25, 0.3) is 0 Å². The average molecular weight is 401 g/mol. The molecule has 3 rings (SSSR count). The van der Waals surface area contributed by atoms with Crippen LogP contribution in [0, 0.1) is 5.41 Å². The van der Waals surface area contributed by atoms with Gasteiger partial charge in [0.2, 0.25) is 5.91 Å². The summed E-state index contributed by atoms with van der Waals surface area (Å²) in [5, 5.41) is 3.13. The van der Waals surface area contributed by atoms with Gasteiger partial charge in [-0.25, -0.2) is 4.98 Å². The number of halogens is 2. The summed E-state index contributed by atoms with van der Waals surface area (Å²) in [6, 6.07) is 7.92. The second-order valence-electron chi connectivity index (χ2n) is 7.25. The molecular formula is C19H30Cl2N4O. The number of nitrogens with zero attached hydrogens (tertiary/aromatic N) is 2. The standard InChI is InChI=1S/C19H28N4O.2ClH/c1-14(18-22-15-8-4-5-9-16(15)23(18)2)21-17(24)12-19(13-20)10-6-3-7-11-19;;/h4-5,8-9,14H,3,6-7,10-13,20H2,1-2H3,(H,21,24);2*1H. The van der Waals surface area contributed by atoms with E-state index in [0.717, 1.165) is 29.7 Å². The number of aromatic nitrogens is 2. The summed E-state index contributed by atoms with van der Waals surface area (Å²) < 4.78 is 2.06. The van der Waals surface area contributed by atoms with Gasteiger partial charge in [0.15, 0.2) is 0 Å². The zero-order valence-electron chi connectivity index (χ0n) is 15.5. The molecule has 1 aromatic heterocycles. The van der Waals surface area contributed by atoms with E-state index in [4.69, 9.17) is 5.73 Å². The van der Waals surface area contributed by atoms with Gasteiger partial charge in [-0.2, -0.15) is 0 Å². The summed E-state index contributed by atoms with van der Waals surface area (Å²) in [5.41, 5.74) is 8.04. The van der Waals surface area contributed by atoms with E-state index >= 15 is 0 Å². The van der Waals surface area contributed by atoms with Crippen LogP contribution in [0.1, 0.15) is 57.3 Å². The van der Waals surface area contributed by atoms with Crippen molar-refractivity contribution in [2.45, 2.75) is 51.5 Å². The Kier molecular flexibility index (Phi) is 8.38. The lowest BCUT2D eigenvalue weighted by atomic mass is 9.71. The van der Waals surface area contributed by atoms with Gasteiger partial charge in [-0.05, 0) is 43.9 Å². The molecule has 26 heavy (non-hydrogen) atoms. The molecule has 1 saturated carbocycles. The molecule has 3 N–H and O–H groups in total. The third-order valence-corrected chi connectivity index (χ3v) is 5.47. The molecule has 1 unspecified atom stereocenters. The summed E-state index contributed by atoms with van der Waals surface area (Å²) in [7, 11) is 2.00. The molecule has 2 aromatic rings. The van der Waals surface area contributed by atoms with Crippen molar-refractivity contribution in [3.63, 3.8) is 0 Å². The molecule has 5 nitrogen and oxygen atoms in total. The van der Waals surface area contributed by atoms with E-state index in [1.807, 2.05) is 38.2 Å². The average Bonchev–Trinajstić information content (AvgIpc) is 2.93. The zero-order valence-corrected chi connectivity index (χ0v) is 17.2. The van der Waals surface area contributed by atoms with Gasteiger partial charge >= 0.3 is 0 Å². The Bertz CT molecular complexity index is 725. The predicted molar refractivity (Wildman–Crippen MR) is 111 cm³/mol. The fourth-order valence-electron chi connectivity index (χ4n) is 4.00. The molecule has 1 aromatic carbocycles. The van der Waals surface area contributed by atoms with E-state index in [2.05, 4.69) is 14.9 Å². The Morgan fingerprint density at radius 1 is 1.27 bits per heavy atom. The van der Waals surface area contributed by atoms with Crippen molar-refractivity contribution < 1.29 is 4.79 Å². The smallest absolute Gasteiger partial charge is 0.221 e. The number of hydrogen-bond donors (Lipinski definition) is 2. The quantitative estimate of drug-likeness (QED) is 0.798. The van der Waals surface area contributed by atoms with Crippen molar-refractivity contribution in [2.75, 3.05) is 6.54 Å². The molecule has 1 fully saturated rings. The van der Waals surface area contributed by atoms with E-state index in [1.54, 1.807) is 0 Å². The molecule has 1 atom stereocenters. The Morgan fingerprint density at radius 2 is 1.92 bits per heavy atom. The SMILES string of the molecule is CC(NC(=O)CC1(CN)CCCCC1)c1nc2ccccc2n1C.Cl.Cl. The van der Waals surface area contributed by atoms with Crippen LogP contribution in [0.4, 0.5) is 0 Å². The molecular weight excluding hydrogens is 371 g/mol. The van der Waals surface area contributed by atoms with Crippen molar-refractivity contribution in [1.29, 1.82) is 0 Å². The Balaban J connectivity index is 0.00000169. The minimum atomic E-state index is -0.117. The first-order valence-electron chi connectivity index (χ1n) is 8.95. The fourth-order valence-corrected chi connectivity index (χ4v) is 4.00. The zero-order chi connectivity index (χ0) is 17.2. The summed E-state index contributed by atoms with van der Waals surface area (Å²) >= 11 is 0. The summed E-state index contributed by atoms with van der Waals surface area (Å²) in [4.78, 5) is 17.3. The number of aryl methyl sites for hydroxylation is 1. The lowest BCUT2D eigenvalue weighted by Crippen LogP contribution is -2.39. The number of nitrogens with two attached hydrogens (primary N) is 1. The molecule has 1 aliphatic carbocycles. The Hall–Kier alpha value is -1.30. The summed E-state index contributed by atoms with van der Waals surface area (Å²) in [6.45, 7) is 2.59. The van der Waals surface area contributed by atoms with Crippen molar-refractivity contribution in [2.24, 2.45) is 18.2 Å². The maximum absolute atomic E-state index is 12.6. The monoisotopic (exact) mass is 400 g/mol. The molecule has 0 saturated heterocycles. The number of amides is 1. The molecule has 0 spiro atoms. The number of benzene rings is 1. The number of carbonyl (C=O) groups excluding carboxylic acids is 1. The van der Waals surface area contributed by atoms with E-state index in [9.17, 15) is 4.79 Å². The van der Waals surface area contributed by atoms with Crippen LogP contribution >= 0.6 is 24.8 Å². The van der Waals surface area contributed by atoms with Crippen LogP contribution in [-0.2, 0) is 11.8 Å². The summed E-state index contributed by atoms with van der Waals surface area (Å²) in [6.07, 6.45) is 6.29. The minimum Gasteiger partial charge on any atom is -0.346 e. The van der Waals surface area contributed by atoms with Crippen molar-refractivity contribution in [1.82, 2.24) is 14.9 Å². The highest BCUT2D eigenvalue weighted by atomic mass is 35.5. The number of rotatable bonds is 5. The highest BCUT2D eigenvalue weighted by Crippen LogP contribution is 2.38. The van der Waals surface area contributed by atoms with Crippen LogP contribution in [0.25, 0.3) is 11.0 Å². The summed E-state index contributed by atoms with van der Waals surface area (Å²) in [5.74, 6) is 0.969. The van der Waals surface area contributed by atoms with Gasteiger partial charge in [-0.1, -0.05) is 31.4 Å². The number of nitrogens with one attached hydrogen (secondary N) is 1. The van der Waals surface area contributed by atoms with Gasteiger partial charge in [0.1, 0.15) is 5.82 Å². The van der Waals surface area contributed by atoms with Gasteiger partial charge < -0.3 is 15.6 Å². The lowest BCUT2D eigenvalue weighted by molar-refractivity contribution is -0.124. The fraction of sp³-hybridized carbons (Fsp3) is 0.579. The number of imidazole rings is 1. The predicted octanol–water partition coefficient (Wildman–Crippen LogP) is 3.89. The normalized spacial score (nSPS) is 17.0. The second kappa shape index (κ2) is 9.58. The molecule has 0 bridgehead atoms. The van der Waals surface area contributed by atoms with Crippen LogP contribution in [-0.4, -0.2) is 22.0 Å². The van der Waals surface area contributed by atoms with Crippen LogP contribution in [0.2, 0.25) is 0 Å². The van der Waals surface area contributed by atoms with Crippen molar-refractivity contribution in [3.8, 4) is 0 Å². The third kappa shape index (κ3) is 4.70. The third-order valence-electron chi connectivity index (χ3n) is 5.47. The van der Waals surface area contributed by atoms with E-state index in [-0.39, 0.29) is 42.2 Å². The first kappa shape index (κ1) is 22.7. The molecule has 1 aliphatic rings. The van der Waals surface area contributed by atoms with Crippen LogP contribution in [0.15, 0.2) is 24.3 Å². The number of carbonyl (C=O) groups is 1. The van der Waals surface area contributed by atoms with Gasteiger partial charge in [-0.15, -0.1) is 24.8 Å². The first-order chi connectivity index (χ1) is 11.5. The lowest BCUT2D eigenvalue weighted by Gasteiger charge is -2.35.